The Morgan fingerprint density at radius 2 is 1.95 bits per heavy atom. The highest BCUT2D eigenvalue weighted by molar-refractivity contribution is 6.42. The van der Waals surface area contributed by atoms with E-state index in [-0.39, 0.29) is 5.71 Å². The second-order valence-corrected chi connectivity index (χ2v) is 4.00. The van der Waals surface area contributed by atoms with Gasteiger partial charge < -0.3 is 10.3 Å². The van der Waals surface area contributed by atoms with Gasteiger partial charge in [0.25, 0.3) is 0 Å². The average molecular weight is 270 g/mol. The van der Waals surface area contributed by atoms with Crippen LogP contribution in [0, 0.1) is 5.82 Å². The second kappa shape index (κ2) is 5.91. The maximum absolute atomic E-state index is 13.3. The molecule has 0 spiro atoms. The van der Waals surface area contributed by atoms with Gasteiger partial charge in [-0.15, -0.1) is 0 Å². The summed E-state index contributed by atoms with van der Waals surface area (Å²) in [7, 11) is 1.19. The molecule has 0 atom stereocenters. The molecule has 20 heavy (non-hydrogen) atoms. The molecular weight excluding hydrogens is 259 g/mol. The predicted molar refractivity (Wildman–Crippen MR) is 71.6 cm³/mol. The monoisotopic (exact) mass is 270 g/mol. The average Bonchev–Trinajstić information content (AvgIpc) is 2.48. The van der Waals surface area contributed by atoms with Crippen molar-refractivity contribution in [1.82, 2.24) is 0 Å². The maximum atomic E-state index is 13.3. The SMILES string of the molecule is COC(=O)C(=[N+]=[N-])c1ccccc1-c1cccc(F)c1. The molecule has 0 saturated carbocycles. The van der Waals surface area contributed by atoms with Crippen LogP contribution in [0.2, 0.25) is 0 Å². The van der Waals surface area contributed by atoms with Crippen LogP contribution in [0.1, 0.15) is 5.56 Å². The molecule has 2 rings (SSSR count). The molecule has 5 heteroatoms. The van der Waals surface area contributed by atoms with E-state index in [1.165, 1.54) is 19.2 Å². The van der Waals surface area contributed by atoms with Gasteiger partial charge in [0, 0.05) is 0 Å². The van der Waals surface area contributed by atoms with Crippen LogP contribution >= 0.6 is 0 Å². The van der Waals surface area contributed by atoms with Crippen LogP contribution in [0.5, 0.6) is 0 Å². The highest BCUT2D eigenvalue weighted by Crippen LogP contribution is 2.24. The number of rotatable bonds is 3. The van der Waals surface area contributed by atoms with Gasteiger partial charge in [-0.05, 0) is 29.3 Å². The summed E-state index contributed by atoms with van der Waals surface area (Å²) in [4.78, 5) is 14.6. The topological polar surface area (TPSA) is 62.7 Å². The van der Waals surface area contributed by atoms with Crippen LogP contribution in [-0.2, 0) is 9.53 Å². The minimum atomic E-state index is -0.767. The standard InChI is InChI=1S/C15H11FN2O2/c1-20-15(19)14(18-17)13-8-3-2-7-12(13)10-5-4-6-11(16)9-10/h2-9H,1H3. The quantitative estimate of drug-likeness (QED) is 0.372. The third-order valence-electron chi connectivity index (χ3n) is 2.80. The van der Waals surface area contributed by atoms with Gasteiger partial charge in [0.2, 0.25) is 0 Å². The Labute approximate surface area is 115 Å². The number of hydrogen-bond donors (Lipinski definition) is 0. The van der Waals surface area contributed by atoms with Gasteiger partial charge in [-0.25, -0.2) is 9.18 Å². The van der Waals surface area contributed by atoms with E-state index >= 15 is 0 Å². The number of benzene rings is 2. The van der Waals surface area contributed by atoms with E-state index < -0.39 is 11.8 Å². The Morgan fingerprint density at radius 1 is 1.20 bits per heavy atom. The lowest BCUT2D eigenvalue weighted by Gasteiger charge is -2.06. The van der Waals surface area contributed by atoms with E-state index in [1.807, 2.05) is 0 Å². The van der Waals surface area contributed by atoms with Crippen molar-refractivity contribution in [2.45, 2.75) is 0 Å². The van der Waals surface area contributed by atoms with Crippen molar-refractivity contribution in [1.29, 1.82) is 0 Å². The lowest BCUT2D eigenvalue weighted by atomic mass is 9.96. The number of ether oxygens (including phenoxy) is 1. The van der Waals surface area contributed by atoms with E-state index in [0.717, 1.165) is 0 Å². The summed E-state index contributed by atoms with van der Waals surface area (Å²) in [6, 6.07) is 12.7. The molecule has 100 valence electrons. The summed E-state index contributed by atoms with van der Waals surface area (Å²) in [6.45, 7) is 0. The molecule has 0 aromatic heterocycles. The molecule has 0 aliphatic rings. The summed E-state index contributed by atoms with van der Waals surface area (Å²) in [5.74, 6) is -1.16. The number of nitrogens with zero attached hydrogens (tertiary/aromatic N) is 2. The highest BCUT2D eigenvalue weighted by atomic mass is 19.1. The van der Waals surface area contributed by atoms with Gasteiger partial charge in [-0.1, -0.05) is 30.3 Å². The van der Waals surface area contributed by atoms with E-state index in [1.54, 1.807) is 36.4 Å². The zero-order chi connectivity index (χ0) is 14.5. The lowest BCUT2D eigenvalue weighted by Crippen LogP contribution is -2.19. The van der Waals surface area contributed by atoms with E-state index in [2.05, 4.69) is 9.53 Å². The number of hydrogen-bond acceptors (Lipinski definition) is 2. The number of carbonyl (C=O) groups excluding carboxylic acids is 1. The van der Waals surface area contributed by atoms with E-state index in [0.29, 0.717) is 16.7 Å². The van der Waals surface area contributed by atoms with Crippen LogP contribution < -0.4 is 0 Å². The normalized spacial score (nSPS) is 9.70. The molecule has 0 unspecified atom stereocenters. The smallest absolute Gasteiger partial charge is 0.422 e. The molecule has 0 aliphatic heterocycles. The summed E-state index contributed by atoms with van der Waals surface area (Å²) >= 11 is 0. The number of methoxy groups -OCH3 is 1. The van der Waals surface area contributed by atoms with Gasteiger partial charge in [-0.3, -0.25) is 0 Å². The maximum Gasteiger partial charge on any atom is 0.422 e. The summed E-state index contributed by atoms with van der Waals surface area (Å²) in [5.41, 5.74) is 10.3. The van der Waals surface area contributed by atoms with Crippen molar-refractivity contribution in [3.8, 4) is 11.1 Å². The number of carbonyl (C=O) groups is 1. The summed E-state index contributed by atoms with van der Waals surface area (Å²) in [6.07, 6.45) is 0. The third-order valence-corrected chi connectivity index (χ3v) is 2.80. The zero-order valence-corrected chi connectivity index (χ0v) is 10.7. The van der Waals surface area contributed by atoms with Gasteiger partial charge in [0.15, 0.2) is 0 Å². The molecule has 0 saturated heterocycles. The molecule has 0 fully saturated rings. The summed E-state index contributed by atoms with van der Waals surface area (Å²) < 4.78 is 17.9. The fraction of sp³-hybridized carbons (Fsp3) is 0.0667. The van der Waals surface area contributed by atoms with Gasteiger partial charge in [0.1, 0.15) is 5.82 Å². The van der Waals surface area contributed by atoms with Crippen molar-refractivity contribution in [2.24, 2.45) is 0 Å². The molecule has 4 nitrogen and oxygen atoms in total. The largest absolute Gasteiger partial charge is 0.460 e. The van der Waals surface area contributed by atoms with Crippen molar-refractivity contribution in [3.05, 3.63) is 65.4 Å². The molecule has 0 N–H and O–H groups in total. The Hall–Kier alpha value is -2.78. The molecule has 0 heterocycles. The number of halogens is 1. The molecule has 2 aromatic carbocycles. The zero-order valence-electron chi connectivity index (χ0n) is 10.7. The Bertz CT molecular complexity index is 707. The third kappa shape index (κ3) is 2.63. The fourth-order valence-electron chi connectivity index (χ4n) is 1.90. The van der Waals surface area contributed by atoms with Crippen LogP contribution in [0.3, 0.4) is 0 Å². The summed E-state index contributed by atoms with van der Waals surface area (Å²) in [5, 5.41) is 0. The molecule has 0 radical (unpaired) electrons. The number of esters is 1. The fourth-order valence-corrected chi connectivity index (χ4v) is 1.90. The molecular formula is C15H11FN2O2. The van der Waals surface area contributed by atoms with Gasteiger partial charge >= 0.3 is 11.7 Å². The highest BCUT2D eigenvalue weighted by Gasteiger charge is 2.26. The van der Waals surface area contributed by atoms with E-state index in [9.17, 15) is 9.18 Å². The Morgan fingerprint density at radius 3 is 2.60 bits per heavy atom. The minimum Gasteiger partial charge on any atom is -0.460 e. The molecule has 0 amide bonds. The minimum absolute atomic E-state index is 0.229. The molecule has 0 aliphatic carbocycles. The van der Waals surface area contributed by atoms with Crippen LogP contribution in [0.15, 0.2) is 48.5 Å². The lowest BCUT2D eigenvalue weighted by molar-refractivity contribution is -0.137. The van der Waals surface area contributed by atoms with Gasteiger partial charge in [-0.2, -0.15) is 4.79 Å². The Balaban J connectivity index is 2.62. The molecule has 2 aromatic rings. The van der Waals surface area contributed by atoms with Crippen molar-refractivity contribution in [2.75, 3.05) is 7.11 Å². The van der Waals surface area contributed by atoms with E-state index in [4.69, 9.17) is 5.53 Å². The predicted octanol–water partition coefficient (Wildman–Crippen LogP) is 2.68. The van der Waals surface area contributed by atoms with Gasteiger partial charge in [0.05, 0.1) is 12.7 Å². The first-order valence-electron chi connectivity index (χ1n) is 5.83. The van der Waals surface area contributed by atoms with Crippen LogP contribution in [-0.4, -0.2) is 23.6 Å². The second-order valence-electron chi connectivity index (χ2n) is 4.00. The van der Waals surface area contributed by atoms with Crippen molar-refractivity contribution in [3.63, 3.8) is 0 Å². The Kier molecular flexibility index (Phi) is 4.03. The molecule has 0 bridgehead atoms. The van der Waals surface area contributed by atoms with Crippen LogP contribution in [0.25, 0.3) is 16.7 Å². The van der Waals surface area contributed by atoms with Crippen molar-refractivity contribution >= 4 is 11.7 Å². The first kappa shape index (κ1) is 13.6. The van der Waals surface area contributed by atoms with Crippen molar-refractivity contribution < 1.29 is 18.7 Å². The first-order chi connectivity index (χ1) is 9.67. The van der Waals surface area contributed by atoms with Crippen LogP contribution in [0.4, 0.5) is 4.39 Å². The first-order valence-corrected chi connectivity index (χ1v) is 5.83.